The van der Waals surface area contributed by atoms with Crippen molar-refractivity contribution in [3.05, 3.63) is 34.4 Å². The maximum Gasteiger partial charge on any atom is 0.403 e. The van der Waals surface area contributed by atoms with Gasteiger partial charge in [-0.3, -0.25) is 9.69 Å². The van der Waals surface area contributed by atoms with Crippen molar-refractivity contribution in [1.29, 1.82) is 0 Å². The number of carbonyl (C=O) groups is 2. The number of hydrogen-bond acceptors (Lipinski definition) is 3. The second-order valence-corrected chi connectivity index (χ2v) is 8.38. The van der Waals surface area contributed by atoms with Crippen LogP contribution in [-0.2, 0) is 4.79 Å². The summed E-state index contributed by atoms with van der Waals surface area (Å²) in [7, 11) is 0. The molecule has 0 saturated carbocycles. The molecule has 2 aliphatic rings. The number of alkyl halides is 3. The Morgan fingerprint density at radius 3 is 2.43 bits per heavy atom. The molecule has 3 N–H and O–H groups in total. The van der Waals surface area contributed by atoms with Gasteiger partial charge in [-0.25, -0.2) is 13.6 Å². The molecule has 30 heavy (non-hydrogen) atoms. The summed E-state index contributed by atoms with van der Waals surface area (Å²) >= 11 is 5.70. The molecular formula is C18H20ClF5N4O2. The molecular weight excluding hydrogens is 435 g/mol. The molecule has 3 rings (SSSR count). The summed E-state index contributed by atoms with van der Waals surface area (Å²) in [5.74, 6) is -2.93. The van der Waals surface area contributed by atoms with E-state index >= 15 is 0 Å². The van der Waals surface area contributed by atoms with Crippen LogP contribution in [0.4, 0.5) is 26.7 Å². The van der Waals surface area contributed by atoms with Gasteiger partial charge >= 0.3 is 12.2 Å². The molecule has 1 aromatic carbocycles. The molecule has 1 unspecified atom stereocenters. The summed E-state index contributed by atoms with van der Waals surface area (Å²) in [4.78, 5) is 26.3. The van der Waals surface area contributed by atoms with Crippen LogP contribution in [0, 0.1) is 17.0 Å². The van der Waals surface area contributed by atoms with E-state index in [2.05, 4.69) is 5.32 Å². The van der Waals surface area contributed by atoms with Crippen molar-refractivity contribution in [2.45, 2.75) is 38.1 Å². The molecule has 0 aromatic heterocycles. The Morgan fingerprint density at radius 1 is 1.33 bits per heavy atom. The standard InChI is InChI=1S/C18H20ClF5N4O2/c1-8(18(22,23)24)27-6-17(2,7-27)14(9-3-4-10(20)12(19)13(9)21)28-5-11(15(25)29)26-16(28)30/h3-4,8,11,14H,5-7H2,1-2H3,(H2,25,29)(H,26,30)/t8-,11?,14+/m1/s1. The van der Waals surface area contributed by atoms with Crippen molar-refractivity contribution in [2.24, 2.45) is 11.1 Å². The first-order valence-electron chi connectivity index (χ1n) is 9.07. The van der Waals surface area contributed by atoms with E-state index in [1.54, 1.807) is 6.92 Å². The number of primary amides is 1. The SMILES string of the molecule is C[C@@H](N1CC(C)([C@H](c2ccc(F)c(Cl)c2F)N2CC(C(N)=O)NC2=O)C1)C(F)(F)F. The average Bonchev–Trinajstić information content (AvgIpc) is 3.00. The van der Waals surface area contributed by atoms with Crippen molar-refractivity contribution < 1.29 is 31.5 Å². The molecule has 6 nitrogen and oxygen atoms in total. The van der Waals surface area contributed by atoms with E-state index in [9.17, 15) is 31.5 Å². The molecule has 0 radical (unpaired) electrons. The number of amides is 3. The fourth-order valence-electron chi connectivity index (χ4n) is 4.15. The van der Waals surface area contributed by atoms with Crippen LogP contribution >= 0.6 is 11.6 Å². The van der Waals surface area contributed by atoms with Crippen LogP contribution < -0.4 is 11.1 Å². The van der Waals surface area contributed by atoms with Crippen LogP contribution in [-0.4, -0.2) is 59.6 Å². The number of urea groups is 1. The average molecular weight is 455 g/mol. The minimum atomic E-state index is -4.46. The zero-order valence-corrected chi connectivity index (χ0v) is 16.8. The lowest BCUT2D eigenvalue weighted by Gasteiger charge is -2.56. The first-order valence-corrected chi connectivity index (χ1v) is 9.44. The Kier molecular flexibility index (Phi) is 5.65. The molecule has 166 valence electrons. The zero-order chi connectivity index (χ0) is 22.6. The second-order valence-electron chi connectivity index (χ2n) is 8.00. The van der Waals surface area contributed by atoms with E-state index in [0.717, 1.165) is 28.9 Å². The number of hydrogen-bond donors (Lipinski definition) is 2. The number of benzene rings is 1. The molecule has 2 aliphatic heterocycles. The Balaban J connectivity index is 1.99. The maximum atomic E-state index is 14.9. The number of nitrogens with one attached hydrogen (secondary N) is 1. The molecule has 0 bridgehead atoms. The lowest BCUT2D eigenvalue weighted by molar-refractivity contribution is -0.208. The summed E-state index contributed by atoms with van der Waals surface area (Å²) in [6.45, 7) is 2.17. The highest BCUT2D eigenvalue weighted by atomic mass is 35.5. The van der Waals surface area contributed by atoms with E-state index in [1.165, 1.54) is 0 Å². The third-order valence-corrected chi connectivity index (χ3v) is 6.11. The van der Waals surface area contributed by atoms with E-state index < -0.39 is 58.3 Å². The van der Waals surface area contributed by atoms with Crippen molar-refractivity contribution in [1.82, 2.24) is 15.1 Å². The number of likely N-dealkylation sites (tertiary alicyclic amines) is 1. The summed E-state index contributed by atoms with van der Waals surface area (Å²) in [6.07, 6.45) is -4.46. The van der Waals surface area contributed by atoms with Gasteiger partial charge in [-0.1, -0.05) is 24.6 Å². The molecule has 2 saturated heterocycles. The molecule has 3 atom stereocenters. The van der Waals surface area contributed by atoms with Crippen LogP contribution in [0.2, 0.25) is 5.02 Å². The van der Waals surface area contributed by atoms with Crippen molar-refractivity contribution >= 4 is 23.5 Å². The minimum Gasteiger partial charge on any atom is -0.368 e. The van der Waals surface area contributed by atoms with Gasteiger partial charge < -0.3 is 16.0 Å². The zero-order valence-electron chi connectivity index (χ0n) is 16.1. The van der Waals surface area contributed by atoms with Crippen molar-refractivity contribution in [3.63, 3.8) is 0 Å². The number of nitrogens with two attached hydrogens (primary N) is 1. The maximum absolute atomic E-state index is 14.9. The van der Waals surface area contributed by atoms with Gasteiger partial charge in [0.15, 0.2) is 0 Å². The van der Waals surface area contributed by atoms with Gasteiger partial charge in [-0.15, -0.1) is 0 Å². The normalized spacial score (nSPS) is 23.7. The third kappa shape index (κ3) is 3.80. The smallest absolute Gasteiger partial charge is 0.368 e. The monoisotopic (exact) mass is 454 g/mol. The molecule has 0 aliphatic carbocycles. The van der Waals surface area contributed by atoms with Gasteiger partial charge in [-0.2, -0.15) is 13.2 Å². The van der Waals surface area contributed by atoms with Crippen LogP contribution in [0.5, 0.6) is 0 Å². The molecule has 2 heterocycles. The first-order chi connectivity index (χ1) is 13.8. The van der Waals surface area contributed by atoms with Gasteiger partial charge in [0.2, 0.25) is 5.91 Å². The highest BCUT2D eigenvalue weighted by Gasteiger charge is 2.56. The number of halogens is 6. The highest BCUT2D eigenvalue weighted by molar-refractivity contribution is 6.31. The molecule has 3 amide bonds. The summed E-state index contributed by atoms with van der Waals surface area (Å²) < 4.78 is 67.8. The Labute approximate surface area is 174 Å². The van der Waals surface area contributed by atoms with Gasteiger partial charge in [0, 0.05) is 24.1 Å². The van der Waals surface area contributed by atoms with E-state index in [4.69, 9.17) is 17.3 Å². The third-order valence-electron chi connectivity index (χ3n) is 5.76. The second kappa shape index (κ2) is 7.52. The quantitative estimate of drug-likeness (QED) is 0.530. The lowest BCUT2D eigenvalue weighted by atomic mass is 9.71. The predicted octanol–water partition coefficient (Wildman–Crippen LogP) is 2.81. The van der Waals surface area contributed by atoms with E-state index in [-0.39, 0.29) is 25.2 Å². The predicted molar refractivity (Wildman–Crippen MR) is 97.5 cm³/mol. The summed E-state index contributed by atoms with van der Waals surface area (Å²) in [5, 5.41) is 1.58. The lowest BCUT2D eigenvalue weighted by Crippen LogP contribution is -2.65. The fourth-order valence-corrected chi connectivity index (χ4v) is 4.32. The van der Waals surface area contributed by atoms with Gasteiger partial charge in [0.25, 0.3) is 0 Å². The van der Waals surface area contributed by atoms with Crippen LogP contribution in [0.1, 0.15) is 25.5 Å². The van der Waals surface area contributed by atoms with Crippen molar-refractivity contribution in [2.75, 3.05) is 19.6 Å². The van der Waals surface area contributed by atoms with E-state index in [1.807, 2.05) is 0 Å². The summed E-state index contributed by atoms with van der Waals surface area (Å²) in [6, 6.07) is -2.59. The number of nitrogens with zero attached hydrogens (tertiary/aromatic N) is 2. The Bertz CT molecular complexity index is 875. The van der Waals surface area contributed by atoms with Crippen LogP contribution in [0.3, 0.4) is 0 Å². The topological polar surface area (TPSA) is 78.7 Å². The molecule has 12 heteroatoms. The van der Waals surface area contributed by atoms with Gasteiger partial charge in [0.1, 0.15) is 28.7 Å². The first kappa shape index (κ1) is 22.5. The summed E-state index contributed by atoms with van der Waals surface area (Å²) in [5.41, 5.74) is 4.07. The fraction of sp³-hybridized carbons (Fsp3) is 0.556. The van der Waals surface area contributed by atoms with Crippen LogP contribution in [0.15, 0.2) is 12.1 Å². The minimum absolute atomic E-state index is 0.113. The highest BCUT2D eigenvalue weighted by Crippen LogP contribution is 2.49. The molecule has 2 fully saturated rings. The van der Waals surface area contributed by atoms with Gasteiger partial charge in [0.05, 0.1) is 12.6 Å². The largest absolute Gasteiger partial charge is 0.403 e. The van der Waals surface area contributed by atoms with E-state index in [0.29, 0.717) is 0 Å². The number of rotatable bonds is 5. The van der Waals surface area contributed by atoms with Gasteiger partial charge in [-0.05, 0) is 13.0 Å². The number of carbonyl (C=O) groups excluding carboxylic acids is 2. The molecule has 1 aromatic rings. The Morgan fingerprint density at radius 2 is 1.93 bits per heavy atom. The Hall–Kier alpha value is -2.14. The van der Waals surface area contributed by atoms with Crippen molar-refractivity contribution in [3.8, 4) is 0 Å². The molecule has 0 spiro atoms. The van der Waals surface area contributed by atoms with Crippen LogP contribution in [0.25, 0.3) is 0 Å².